The fourth-order valence-corrected chi connectivity index (χ4v) is 8.33. The SMILES string of the molecule is [2H]c1c(Oc2ccc3c4c([2H])c([2H])c([2H])c([2H])c4n(-c4cc(C(C)(C)C)ccn4)c3c2)cc(N2CN(c3c(-c4ccccc4)cc(C(C)(C)C)cc3-c3ccccc3)c3ccccc32)c([2H])c1[2H]. The fourth-order valence-electron chi connectivity index (χ4n) is 8.33. The van der Waals surface area contributed by atoms with Gasteiger partial charge >= 0.3 is 0 Å². The predicted octanol–water partition coefficient (Wildman–Crippen LogP) is 15.1. The molecule has 1 aliphatic rings. The van der Waals surface area contributed by atoms with Crippen molar-refractivity contribution < 1.29 is 14.3 Å². The van der Waals surface area contributed by atoms with Gasteiger partial charge in [0.15, 0.2) is 0 Å². The van der Waals surface area contributed by atoms with E-state index >= 15 is 0 Å². The van der Waals surface area contributed by atoms with E-state index in [2.05, 4.69) is 113 Å². The summed E-state index contributed by atoms with van der Waals surface area (Å²) < 4.78 is 71.2. The van der Waals surface area contributed by atoms with E-state index in [4.69, 9.17) is 17.9 Å². The minimum atomic E-state index is -0.351. The first-order valence-electron chi connectivity index (χ1n) is 24.2. The molecule has 10 rings (SSSR count). The molecule has 0 aliphatic carbocycles. The molecule has 9 aromatic rings. The van der Waals surface area contributed by atoms with Crippen LogP contribution in [0.2, 0.25) is 0 Å². The number of aromatic nitrogens is 2. The third-order valence-electron chi connectivity index (χ3n) is 11.5. The Hall–Kier alpha value is -7.11. The quantitative estimate of drug-likeness (QED) is 0.161. The molecule has 1 aliphatic heterocycles. The summed E-state index contributed by atoms with van der Waals surface area (Å²) in [5, 5.41) is 0.929. The van der Waals surface area contributed by atoms with Crippen LogP contribution in [0.3, 0.4) is 0 Å². The van der Waals surface area contributed by atoms with Crippen LogP contribution in [0.5, 0.6) is 11.5 Å². The van der Waals surface area contributed by atoms with Gasteiger partial charge in [-0.05, 0) is 99.7 Å². The summed E-state index contributed by atoms with van der Waals surface area (Å²) in [6.45, 7) is 13.3. The molecule has 0 fully saturated rings. The van der Waals surface area contributed by atoms with E-state index in [1.54, 1.807) is 35.0 Å². The summed E-state index contributed by atoms with van der Waals surface area (Å²) in [7, 11) is 0. The predicted molar refractivity (Wildman–Crippen MR) is 255 cm³/mol. The molecule has 5 nitrogen and oxygen atoms in total. The topological polar surface area (TPSA) is 33.5 Å². The van der Waals surface area contributed by atoms with Gasteiger partial charge in [-0.1, -0.05) is 139 Å². The van der Waals surface area contributed by atoms with Crippen LogP contribution >= 0.6 is 0 Å². The van der Waals surface area contributed by atoms with E-state index in [1.807, 2.05) is 47.4 Å². The zero-order valence-electron chi connectivity index (χ0n) is 42.2. The van der Waals surface area contributed by atoms with Crippen molar-refractivity contribution in [3.8, 4) is 39.6 Å². The standard InChI is InChI=1S/C56H50N4O/c1-55(2,3)40-30-31-57-53(34-40)60-49-25-14-13-24-45(49)46-29-28-44(36-52(46)60)61-43-23-17-22-42(35-43)58-37-59(51-27-16-15-26-50(51)58)54-47(38-18-9-7-10-19-38)32-41(56(4,5)6)33-48(54)39-20-11-8-12-21-39/h7-36H,37H2,1-6H3/i13D,14D,17D,22D,23D,24D,25D. The summed E-state index contributed by atoms with van der Waals surface area (Å²) in [5.74, 6) is 0.856. The molecule has 0 unspecified atom stereocenters. The van der Waals surface area contributed by atoms with E-state index in [0.29, 0.717) is 40.2 Å². The monoisotopic (exact) mass is 801 g/mol. The average Bonchev–Trinajstić information content (AvgIpc) is 3.89. The molecule has 0 bridgehead atoms. The Morgan fingerprint density at radius 1 is 0.541 bits per heavy atom. The first kappa shape index (κ1) is 30.9. The highest BCUT2D eigenvalue weighted by Crippen LogP contribution is 2.51. The molecule has 0 saturated heterocycles. The van der Waals surface area contributed by atoms with E-state index in [0.717, 1.165) is 44.9 Å². The van der Waals surface area contributed by atoms with Gasteiger partial charge in [-0.25, -0.2) is 4.98 Å². The number of pyridine rings is 1. The second kappa shape index (κ2) is 14.9. The number of benzene rings is 7. The second-order valence-corrected chi connectivity index (χ2v) is 17.6. The lowest BCUT2D eigenvalue weighted by molar-refractivity contribution is 0.483. The van der Waals surface area contributed by atoms with Crippen molar-refractivity contribution in [2.45, 2.75) is 52.4 Å². The summed E-state index contributed by atoms with van der Waals surface area (Å²) in [6, 6.07) is 42.5. The first-order valence-corrected chi connectivity index (χ1v) is 20.7. The molecule has 0 spiro atoms. The lowest BCUT2D eigenvalue weighted by Crippen LogP contribution is -2.25. The minimum Gasteiger partial charge on any atom is -0.457 e. The van der Waals surface area contributed by atoms with Crippen molar-refractivity contribution in [3.05, 3.63) is 193 Å². The van der Waals surface area contributed by atoms with Crippen LogP contribution in [-0.2, 0) is 10.8 Å². The van der Waals surface area contributed by atoms with Gasteiger partial charge < -0.3 is 14.5 Å². The third kappa shape index (κ3) is 7.00. The van der Waals surface area contributed by atoms with Gasteiger partial charge in [-0.2, -0.15) is 0 Å². The molecular formula is C56H50N4O. The lowest BCUT2D eigenvalue weighted by Gasteiger charge is -2.30. The number of para-hydroxylation sites is 3. The van der Waals surface area contributed by atoms with Crippen LogP contribution in [0.25, 0.3) is 49.9 Å². The van der Waals surface area contributed by atoms with E-state index in [-0.39, 0.29) is 64.4 Å². The van der Waals surface area contributed by atoms with Gasteiger partial charge in [0, 0.05) is 45.9 Å². The number of fused-ring (bicyclic) bond motifs is 4. The molecule has 0 radical (unpaired) electrons. The van der Waals surface area contributed by atoms with Crippen LogP contribution in [0.15, 0.2) is 182 Å². The van der Waals surface area contributed by atoms with Crippen LogP contribution in [-0.4, -0.2) is 16.2 Å². The third-order valence-corrected chi connectivity index (χ3v) is 11.5. The van der Waals surface area contributed by atoms with Crippen molar-refractivity contribution >= 4 is 44.6 Å². The van der Waals surface area contributed by atoms with Gasteiger partial charge in [0.25, 0.3) is 0 Å². The zero-order chi connectivity index (χ0) is 48.0. The smallest absolute Gasteiger partial charge is 0.137 e. The van der Waals surface area contributed by atoms with Gasteiger partial charge in [0.2, 0.25) is 0 Å². The highest BCUT2D eigenvalue weighted by atomic mass is 16.5. The Bertz CT molecular complexity index is 3410. The van der Waals surface area contributed by atoms with E-state index in [9.17, 15) is 1.37 Å². The Kier molecular flexibility index (Phi) is 7.52. The molecule has 0 atom stereocenters. The number of rotatable bonds is 7. The molecule has 61 heavy (non-hydrogen) atoms. The van der Waals surface area contributed by atoms with Crippen LogP contribution in [0, 0.1) is 0 Å². The zero-order valence-corrected chi connectivity index (χ0v) is 35.2. The number of nitrogens with zero attached hydrogens (tertiary/aromatic N) is 4. The molecule has 0 saturated carbocycles. The van der Waals surface area contributed by atoms with Crippen molar-refractivity contribution in [1.82, 2.24) is 9.55 Å². The number of hydrogen-bond acceptors (Lipinski definition) is 4. The Labute approximate surface area is 369 Å². The average molecular weight is 802 g/mol. The summed E-state index contributed by atoms with van der Waals surface area (Å²) in [5.41, 5.74) is 10.0. The number of anilines is 4. The van der Waals surface area contributed by atoms with Crippen LogP contribution < -0.4 is 14.5 Å². The van der Waals surface area contributed by atoms with Gasteiger partial charge in [-0.15, -0.1) is 0 Å². The maximum absolute atomic E-state index is 9.37. The first-order chi connectivity index (χ1) is 32.4. The van der Waals surface area contributed by atoms with E-state index in [1.165, 1.54) is 5.56 Å². The molecule has 5 heteroatoms. The van der Waals surface area contributed by atoms with Crippen molar-refractivity contribution in [2.75, 3.05) is 16.5 Å². The molecule has 0 amide bonds. The maximum Gasteiger partial charge on any atom is 0.137 e. The number of ether oxygens (including phenoxy) is 1. The molecule has 3 heterocycles. The maximum atomic E-state index is 9.37. The van der Waals surface area contributed by atoms with Crippen molar-refractivity contribution in [3.63, 3.8) is 0 Å². The van der Waals surface area contributed by atoms with Gasteiger partial charge in [0.05, 0.1) is 37.7 Å². The van der Waals surface area contributed by atoms with Crippen molar-refractivity contribution in [2.24, 2.45) is 0 Å². The molecule has 2 aromatic heterocycles. The Morgan fingerprint density at radius 2 is 1.18 bits per heavy atom. The summed E-state index contributed by atoms with van der Waals surface area (Å²) in [6.07, 6.45) is 1.70. The fraction of sp³-hybridized carbons (Fsp3) is 0.161. The highest BCUT2D eigenvalue weighted by molar-refractivity contribution is 6.09. The van der Waals surface area contributed by atoms with Crippen molar-refractivity contribution in [1.29, 1.82) is 0 Å². The summed E-state index contributed by atoms with van der Waals surface area (Å²) >= 11 is 0. The number of hydrogen-bond donors (Lipinski definition) is 0. The second-order valence-electron chi connectivity index (χ2n) is 17.6. The van der Waals surface area contributed by atoms with Crippen LogP contribution in [0.4, 0.5) is 22.7 Å². The summed E-state index contributed by atoms with van der Waals surface area (Å²) in [4.78, 5) is 9.01. The lowest BCUT2D eigenvalue weighted by atomic mass is 9.82. The Balaban J connectivity index is 1.12. The molecular weight excluding hydrogens is 745 g/mol. The van der Waals surface area contributed by atoms with Gasteiger partial charge in [-0.3, -0.25) is 4.57 Å². The molecule has 0 N–H and O–H groups in total. The normalized spacial score (nSPS) is 14.6. The van der Waals surface area contributed by atoms with E-state index < -0.39 is 0 Å². The molecule has 7 aromatic carbocycles. The largest absolute Gasteiger partial charge is 0.457 e. The molecule has 300 valence electrons. The van der Waals surface area contributed by atoms with Crippen LogP contribution in [0.1, 0.15) is 62.3 Å². The van der Waals surface area contributed by atoms with Gasteiger partial charge in [0.1, 0.15) is 24.0 Å². The highest BCUT2D eigenvalue weighted by Gasteiger charge is 2.32. The Morgan fingerprint density at radius 3 is 1.85 bits per heavy atom. The minimum absolute atomic E-state index is 0.0699.